The Bertz CT molecular complexity index is 497. The largest absolute Gasteiger partial charge is 0.271 e. The lowest BCUT2D eigenvalue weighted by atomic mass is 10.1. The fraction of sp³-hybridized carbons (Fsp3) is 0.300. The number of hydrazone groups is 1. The average Bonchev–Trinajstić information content (AvgIpc) is 3.04. The third-order valence-electron chi connectivity index (χ3n) is 2.87. The molecule has 0 atom stereocenters. The van der Waals surface area contributed by atoms with Gasteiger partial charge in [-0.15, -0.1) is 5.53 Å². The Morgan fingerprint density at radius 3 is 2.82 bits per heavy atom. The lowest BCUT2D eigenvalue weighted by molar-refractivity contribution is -0.384. The van der Waals surface area contributed by atoms with Gasteiger partial charge in [-0.3, -0.25) is 10.1 Å². The highest BCUT2D eigenvalue weighted by molar-refractivity contribution is 5.80. The maximum Gasteiger partial charge on any atom is 0.271 e. The highest BCUT2D eigenvalue weighted by Crippen LogP contribution is 2.42. The van der Waals surface area contributed by atoms with Gasteiger partial charge >= 0.3 is 0 Å². The van der Waals surface area contributed by atoms with E-state index in [2.05, 4.69) is 16.2 Å². The van der Waals surface area contributed by atoms with Crippen molar-refractivity contribution in [3.05, 3.63) is 33.9 Å². The van der Waals surface area contributed by atoms with Gasteiger partial charge in [-0.25, -0.2) is 10.5 Å². The number of hydrazine groups is 2. The standard InChI is InChI=1S/C10H11N5O2/c16-15(17)10-4-8(7-1-2-7)3-9(5-10)14-6-11-12-13-14/h3-7,12-13H,1-2H2. The molecule has 88 valence electrons. The van der Waals surface area contributed by atoms with E-state index in [9.17, 15) is 10.1 Å². The molecule has 0 unspecified atom stereocenters. The van der Waals surface area contributed by atoms with Gasteiger partial charge in [0.1, 0.15) is 6.34 Å². The average molecular weight is 233 g/mol. The molecule has 0 saturated heterocycles. The molecule has 0 spiro atoms. The topological polar surface area (TPSA) is 82.8 Å². The first-order valence-corrected chi connectivity index (χ1v) is 5.36. The molecule has 3 rings (SSSR count). The zero-order valence-corrected chi connectivity index (χ0v) is 8.96. The highest BCUT2D eigenvalue weighted by atomic mass is 16.6. The number of benzene rings is 1. The second-order valence-electron chi connectivity index (χ2n) is 4.15. The predicted octanol–water partition coefficient (Wildman–Crippen LogP) is 1.24. The summed E-state index contributed by atoms with van der Waals surface area (Å²) in [5.74, 6) is 0.473. The van der Waals surface area contributed by atoms with Crippen LogP contribution in [0.3, 0.4) is 0 Å². The molecule has 0 aromatic heterocycles. The summed E-state index contributed by atoms with van der Waals surface area (Å²) in [6.07, 6.45) is 3.76. The van der Waals surface area contributed by atoms with E-state index in [1.807, 2.05) is 6.07 Å². The van der Waals surface area contributed by atoms with Gasteiger partial charge in [-0.1, -0.05) is 0 Å². The van der Waals surface area contributed by atoms with Crippen LogP contribution in [-0.2, 0) is 0 Å². The molecule has 1 heterocycles. The minimum atomic E-state index is -0.365. The smallest absolute Gasteiger partial charge is 0.258 e. The normalized spacial score (nSPS) is 18.2. The summed E-state index contributed by atoms with van der Waals surface area (Å²) < 4.78 is 0. The molecular formula is C10H11N5O2. The molecule has 0 amide bonds. The van der Waals surface area contributed by atoms with Crippen molar-refractivity contribution in [3.63, 3.8) is 0 Å². The number of non-ortho nitro benzene ring substituents is 1. The molecule has 17 heavy (non-hydrogen) atoms. The van der Waals surface area contributed by atoms with Crippen LogP contribution in [0, 0.1) is 10.1 Å². The van der Waals surface area contributed by atoms with Crippen LogP contribution in [0.2, 0.25) is 0 Å². The van der Waals surface area contributed by atoms with Crippen molar-refractivity contribution in [1.82, 2.24) is 11.1 Å². The van der Waals surface area contributed by atoms with E-state index >= 15 is 0 Å². The molecule has 1 saturated carbocycles. The molecule has 1 aromatic carbocycles. The van der Waals surface area contributed by atoms with E-state index in [0.717, 1.165) is 24.1 Å². The number of anilines is 1. The van der Waals surface area contributed by atoms with E-state index < -0.39 is 0 Å². The van der Waals surface area contributed by atoms with E-state index in [4.69, 9.17) is 0 Å². The number of nitro benzene ring substituents is 1. The van der Waals surface area contributed by atoms with Crippen LogP contribution in [0.15, 0.2) is 23.3 Å². The van der Waals surface area contributed by atoms with Crippen molar-refractivity contribution in [2.75, 3.05) is 5.01 Å². The van der Waals surface area contributed by atoms with Gasteiger partial charge < -0.3 is 0 Å². The van der Waals surface area contributed by atoms with E-state index in [-0.39, 0.29) is 10.6 Å². The first-order valence-electron chi connectivity index (χ1n) is 5.36. The Morgan fingerprint density at radius 2 is 2.24 bits per heavy atom. The summed E-state index contributed by atoms with van der Waals surface area (Å²) in [4.78, 5) is 10.5. The summed E-state index contributed by atoms with van der Waals surface area (Å²) in [5.41, 5.74) is 7.18. The molecule has 0 bridgehead atoms. The fourth-order valence-corrected chi connectivity index (χ4v) is 1.84. The van der Waals surface area contributed by atoms with Crippen LogP contribution < -0.4 is 16.1 Å². The lowest BCUT2D eigenvalue weighted by Gasteiger charge is -2.14. The third-order valence-corrected chi connectivity index (χ3v) is 2.87. The molecule has 2 aliphatic rings. The van der Waals surface area contributed by atoms with Crippen LogP contribution in [0.5, 0.6) is 0 Å². The predicted molar refractivity (Wildman–Crippen MR) is 62.3 cm³/mol. The minimum absolute atomic E-state index is 0.117. The molecule has 1 aliphatic heterocycles. The Labute approximate surface area is 97.2 Å². The maximum atomic E-state index is 10.9. The number of nitrogens with one attached hydrogen (secondary N) is 2. The van der Waals surface area contributed by atoms with Gasteiger partial charge in [-0.05, 0) is 30.4 Å². The van der Waals surface area contributed by atoms with Crippen molar-refractivity contribution in [2.24, 2.45) is 5.10 Å². The monoisotopic (exact) mass is 233 g/mol. The quantitative estimate of drug-likeness (QED) is 0.606. The Hall–Kier alpha value is -2.15. The molecular weight excluding hydrogens is 222 g/mol. The summed E-state index contributed by atoms with van der Waals surface area (Å²) in [6, 6.07) is 5.14. The van der Waals surface area contributed by atoms with E-state index in [1.54, 1.807) is 11.1 Å². The number of nitro groups is 1. The second-order valence-corrected chi connectivity index (χ2v) is 4.15. The molecule has 7 nitrogen and oxygen atoms in total. The SMILES string of the molecule is O=[N+]([O-])c1cc(C2CC2)cc(N2C=NNN2)c1. The summed E-state index contributed by atoms with van der Waals surface area (Å²) in [5, 5.41) is 16.3. The maximum absolute atomic E-state index is 10.9. The summed E-state index contributed by atoms with van der Waals surface area (Å²) in [6.45, 7) is 0. The van der Waals surface area contributed by atoms with Crippen LogP contribution in [0.1, 0.15) is 24.3 Å². The fourth-order valence-electron chi connectivity index (χ4n) is 1.84. The van der Waals surface area contributed by atoms with Crippen LogP contribution in [0.4, 0.5) is 11.4 Å². The second kappa shape index (κ2) is 3.70. The Kier molecular flexibility index (Phi) is 2.19. The summed E-state index contributed by atoms with van der Waals surface area (Å²) in [7, 11) is 0. The zero-order valence-electron chi connectivity index (χ0n) is 8.96. The van der Waals surface area contributed by atoms with Crippen molar-refractivity contribution in [3.8, 4) is 0 Å². The van der Waals surface area contributed by atoms with Gasteiger partial charge in [0.2, 0.25) is 0 Å². The van der Waals surface area contributed by atoms with Crippen LogP contribution in [-0.4, -0.2) is 11.3 Å². The minimum Gasteiger partial charge on any atom is -0.258 e. The van der Waals surface area contributed by atoms with Crippen LogP contribution >= 0.6 is 0 Å². The third kappa shape index (κ3) is 1.92. The Balaban J connectivity index is 2.00. The van der Waals surface area contributed by atoms with Gasteiger partial charge in [-0.2, -0.15) is 5.10 Å². The van der Waals surface area contributed by atoms with Crippen LogP contribution in [0.25, 0.3) is 0 Å². The molecule has 1 aliphatic carbocycles. The summed E-state index contributed by atoms with van der Waals surface area (Å²) >= 11 is 0. The molecule has 0 radical (unpaired) electrons. The highest BCUT2D eigenvalue weighted by Gasteiger charge is 2.26. The van der Waals surface area contributed by atoms with E-state index in [1.165, 1.54) is 12.4 Å². The first kappa shape index (κ1) is 10.0. The molecule has 2 N–H and O–H groups in total. The van der Waals surface area contributed by atoms with Gasteiger partial charge in [0.15, 0.2) is 0 Å². The first-order chi connectivity index (χ1) is 8.24. The van der Waals surface area contributed by atoms with Crippen molar-refractivity contribution < 1.29 is 4.92 Å². The zero-order chi connectivity index (χ0) is 11.8. The van der Waals surface area contributed by atoms with Crippen molar-refractivity contribution in [2.45, 2.75) is 18.8 Å². The van der Waals surface area contributed by atoms with Crippen molar-refractivity contribution in [1.29, 1.82) is 0 Å². The van der Waals surface area contributed by atoms with Gasteiger partial charge in [0.25, 0.3) is 5.69 Å². The van der Waals surface area contributed by atoms with Crippen molar-refractivity contribution >= 4 is 17.7 Å². The molecule has 1 aromatic rings. The lowest BCUT2D eigenvalue weighted by Crippen LogP contribution is -2.37. The number of hydrogen-bond donors (Lipinski definition) is 2. The molecule has 1 fully saturated rings. The number of hydrogen-bond acceptors (Lipinski definition) is 6. The molecule has 7 heteroatoms. The Morgan fingerprint density at radius 1 is 1.41 bits per heavy atom. The van der Waals surface area contributed by atoms with Gasteiger partial charge in [0, 0.05) is 12.1 Å². The number of nitrogens with zero attached hydrogens (tertiary/aromatic N) is 3. The van der Waals surface area contributed by atoms with E-state index in [0.29, 0.717) is 5.92 Å². The van der Waals surface area contributed by atoms with Gasteiger partial charge in [0.05, 0.1) is 10.6 Å². The number of rotatable bonds is 3.